The van der Waals surface area contributed by atoms with Gasteiger partial charge in [-0.3, -0.25) is 9.59 Å². The summed E-state index contributed by atoms with van der Waals surface area (Å²) >= 11 is 0. The van der Waals surface area contributed by atoms with Crippen LogP contribution >= 0.6 is 0 Å². The summed E-state index contributed by atoms with van der Waals surface area (Å²) in [6, 6.07) is 0. The van der Waals surface area contributed by atoms with Gasteiger partial charge in [-0.25, -0.2) is 0 Å². The minimum absolute atomic E-state index is 0.137. The zero-order chi connectivity index (χ0) is 17.2. The van der Waals surface area contributed by atoms with E-state index < -0.39 is 17.4 Å². The van der Waals surface area contributed by atoms with Gasteiger partial charge in [0.15, 0.2) is 5.41 Å². The van der Waals surface area contributed by atoms with Gasteiger partial charge in [-0.1, -0.05) is 25.7 Å². The van der Waals surface area contributed by atoms with Crippen LogP contribution in [0.1, 0.15) is 65.2 Å². The summed E-state index contributed by atoms with van der Waals surface area (Å²) in [6.45, 7) is 4.80. The quantitative estimate of drug-likeness (QED) is 0.582. The van der Waals surface area contributed by atoms with Gasteiger partial charge in [-0.15, -0.1) is 0 Å². The van der Waals surface area contributed by atoms with E-state index in [0.717, 1.165) is 12.8 Å². The second kappa shape index (κ2) is 7.03. The highest BCUT2D eigenvalue weighted by atomic mass is 16.6. The van der Waals surface area contributed by atoms with Gasteiger partial charge < -0.3 is 14.2 Å². The number of hydrogen-bond donors (Lipinski definition) is 0. The largest absolute Gasteiger partial charge is 0.465 e. The van der Waals surface area contributed by atoms with Crippen molar-refractivity contribution in [1.29, 1.82) is 0 Å². The van der Waals surface area contributed by atoms with E-state index in [1.165, 1.54) is 25.7 Å². The van der Waals surface area contributed by atoms with E-state index in [-0.39, 0.29) is 30.7 Å². The highest BCUT2D eigenvalue weighted by molar-refractivity contribution is 6.00. The van der Waals surface area contributed by atoms with E-state index in [9.17, 15) is 9.59 Å². The van der Waals surface area contributed by atoms with Gasteiger partial charge in [-0.05, 0) is 51.4 Å². The van der Waals surface area contributed by atoms with Crippen LogP contribution in [0, 0.1) is 17.3 Å². The van der Waals surface area contributed by atoms with Crippen molar-refractivity contribution in [3.05, 3.63) is 0 Å². The number of esters is 2. The summed E-state index contributed by atoms with van der Waals surface area (Å²) in [6.07, 6.45) is 8.00. The fraction of sp³-hybridized carbons (Fsp3) is 0.895. The Labute approximate surface area is 144 Å². The number of carbonyl (C=O) groups excluding carboxylic acids is 2. The number of carbonyl (C=O) groups is 2. The molecule has 0 aromatic heterocycles. The summed E-state index contributed by atoms with van der Waals surface area (Å²) in [5, 5.41) is 0. The van der Waals surface area contributed by atoms with Crippen LogP contribution in [0.25, 0.3) is 0 Å². The van der Waals surface area contributed by atoms with Gasteiger partial charge in [0.1, 0.15) is 0 Å². The summed E-state index contributed by atoms with van der Waals surface area (Å²) in [5.74, 6) is -0.274. The fourth-order valence-corrected chi connectivity index (χ4v) is 5.18. The van der Waals surface area contributed by atoms with Crippen molar-refractivity contribution in [1.82, 2.24) is 0 Å². The third-order valence-electron chi connectivity index (χ3n) is 6.29. The smallest absolute Gasteiger partial charge is 0.323 e. The minimum Gasteiger partial charge on any atom is -0.465 e. The molecule has 3 rings (SSSR count). The molecule has 2 saturated carbocycles. The summed E-state index contributed by atoms with van der Waals surface area (Å²) < 4.78 is 16.9. The van der Waals surface area contributed by atoms with Gasteiger partial charge in [0.2, 0.25) is 0 Å². The Hall–Kier alpha value is -1.10. The Morgan fingerprint density at radius 3 is 2.08 bits per heavy atom. The number of ether oxygens (including phenoxy) is 3. The fourth-order valence-electron chi connectivity index (χ4n) is 5.18. The molecule has 0 aromatic carbocycles. The lowest BCUT2D eigenvalue weighted by atomic mass is 9.76. The second-order valence-electron chi connectivity index (χ2n) is 7.59. The molecule has 0 aromatic rings. The van der Waals surface area contributed by atoms with Crippen LogP contribution in [0.5, 0.6) is 0 Å². The van der Waals surface area contributed by atoms with Crippen LogP contribution in [0.3, 0.4) is 0 Å². The summed E-state index contributed by atoms with van der Waals surface area (Å²) in [5.41, 5.74) is -1.26. The van der Waals surface area contributed by atoms with E-state index in [1.807, 2.05) is 0 Å². The molecular formula is C19H30O5. The first-order chi connectivity index (χ1) is 11.6. The van der Waals surface area contributed by atoms with Gasteiger partial charge in [0.25, 0.3) is 0 Å². The van der Waals surface area contributed by atoms with E-state index >= 15 is 0 Å². The molecule has 1 spiro atoms. The SMILES string of the molecule is CCOC(=O)C1(C(=O)OCC)C[C@H]2COC3(CCCCCC3)[C@H]2C1. The molecule has 5 heteroatoms. The highest BCUT2D eigenvalue weighted by Crippen LogP contribution is 2.58. The van der Waals surface area contributed by atoms with Gasteiger partial charge in [-0.2, -0.15) is 0 Å². The predicted molar refractivity (Wildman–Crippen MR) is 88.3 cm³/mol. The maximum atomic E-state index is 12.7. The molecule has 24 heavy (non-hydrogen) atoms. The van der Waals surface area contributed by atoms with Crippen molar-refractivity contribution in [2.75, 3.05) is 19.8 Å². The lowest BCUT2D eigenvalue weighted by molar-refractivity contribution is -0.173. The van der Waals surface area contributed by atoms with Crippen molar-refractivity contribution >= 4 is 11.9 Å². The summed E-state index contributed by atoms with van der Waals surface area (Å²) in [4.78, 5) is 25.4. The van der Waals surface area contributed by atoms with Crippen molar-refractivity contribution in [2.24, 2.45) is 17.3 Å². The van der Waals surface area contributed by atoms with Crippen LogP contribution < -0.4 is 0 Å². The monoisotopic (exact) mass is 338 g/mol. The molecule has 1 saturated heterocycles. The molecule has 1 aliphatic heterocycles. The van der Waals surface area contributed by atoms with Crippen molar-refractivity contribution in [3.8, 4) is 0 Å². The first kappa shape index (κ1) is 17.7. The molecule has 3 fully saturated rings. The highest BCUT2D eigenvalue weighted by Gasteiger charge is 2.64. The Balaban J connectivity index is 1.86. The molecule has 0 radical (unpaired) electrons. The summed E-state index contributed by atoms with van der Waals surface area (Å²) in [7, 11) is 0. The number of fused-ring (bicyclic) bond motifs is 2. The second-order valence-corrected chi connectivity index (χ2v) is 7.59. The normalized spacial score (nSPS) is 30.6. The first-order valence-electron chi connectivity index (χ1n) is 9.56. The molecule has 1 heterocycles. The zero-order valence-corrected chi connectivity index (χ0v) is 15.0. The van der Waals surface area contributed by atoms with Crippen LogP contribution in [-0.4, -0.2) is 37.4 Å². The third-order valence-corrected chi connectivity index (χ3v) is 6.29. The maximum absolute atomic E-state index is 12.7. The van der Waals surface area contributed by atoms with Gasteiger partial charge in [0.05, 0.1) is 25.4 Å². The van der Waals surface area contributed by atoms with E-state index in [1.54, 1.807) is 13.8 Å². The number of rotatable bonds is 4. The Morgan fingerprint density at radius 1 is 0.958 bits per heavy atom. The molecule has 0 bridgehead atoms. The van der Waals surface area contributed by atoms with E-state index in [4.69, 9.17) is 14.2 Å². The molecular weight excluding hydrogens is 308 g/mol. The average molecular weight is 338 g/mol. The minimum atomic E-state index is -1.12. The lowest BCUT2D eigenvalue weighted by Crippen LogP contribution is -2.43. The number of hydrogen-bond acceptors (Lipinski definition) is 5. The van der Waals surface area contributed by atoms with Crippen LogP contribution in [0.4, 0.5) is 0 Å². The van der Waals surface area contributed by atoms with Crippen LogP contribution in [0.15, 0.2) is 0 Å². The Morgan fingerprint density at radius 2 is 1.54 bits per heavy atom. The molecule has 3 aliphatic rings. The molecule has 0 unspecified atom stereocenters. The Bertz CT molecular complexity index is 460. The van der Waals surface area contributed by atoms with Crippen molar-refractivity contribution < 1.29 is 23.8 Å². The Kier molecular flexibility index (Phi) is 5.19. The van der Waals surface area contributed by atoms with Crippen molar-refractivity contribution in [3.63, 3.8) is 0 Å². The zero-order valence-electron chi connectivity index (χ0n) is 15.0. The lowest BCUT2D eigenvalue weighted by Gasteiger charge is -2.35. The van der Waals surface area contributed by atoms with Crippen LogP contribution in [0.2, 0.25) is 0 Å². The first-order valence-corrected chi connectivity index (χ1v) is 9.56. The molecule has 2 atom stereocenters. The molecule has 5 nitrogen and oxygen atoms in total. The van der Waals surface area contributed by atoms with E-state index in [0.29, 0.717) is 19.4 Å². The van der Waals surface area contributed by atoms with E-state index in [2.05, 4.69) is 0 Å². The maximum Gasteiger partial charge on any atom is 0.323 e. The molecule has 2 aliphatic carbocycles. The van der Waals surface area contributed by atoms with Crippen LogP contribution in [-0.2, 0) is 23.8 Å². The van der Waals surface area contributed by atoms with Gasteiger partial charge in [0, 0.05) is 0 Å². The molecule has 0 N–H and O–H groups in total. The predicted octanol–water partition coefficient (Wildman–Crippen LogP) is 3.25. The van der Waals surface area contributed by atoms with Gasteiger partial charge >= 0.3 is 11.9 Å². The average Bonchev–Trinajstić information content (AvgIpc) is 2.99. The standard InChI is InChI=1S/C19H30O5/c1-3-22-16(20)18(17(21)23-4-2)11-14-13-24-19(15(14)12-18)9-7-5-6-8-10-19/h14-15H,3-13H2,1-2H3/t14-,15-/m0/s1. The van der Waals surface area contributed by atoms with Crippen molar-refractivity contribution in [2.45, 2.75) is 70.8 Å². The molecule has 136 valence electrons. The molecule has 0 amide bonds. The third kappa shape index (κ3) is 2.85. The topological polar surface area (TPSA) is 61.8 Å².